The Morgan fingerprint density at radius 3 is 2.45 bits per heavy atom. The third-order valence-corrected chi connectivity index (χ3v) is 8.90. The van der Waals surface area contributed by atoms with Crippen LogP contribution >= 0.6 is 11.6 Å². The van der Waals surface area contributed by atoms with E-state index in [1.807, 2.05) is 0 Å². The number of aliphatic imine (C=N–C) groups is 1. The first-order chi connectivity index (χ1) is 19.6. The Balaban J connectivity index is 1.83. The molecule has 1 saturated heterocycles. The van der Waals surface area contributed by atoms with E-state index in [9.17, 15) is 32.9 Å². The molecule has 0 aliphatic carbocycles. The Morgan fingerprint density at radius 2 is 1.83 bits per heavy atom. The Kier molecular flexibility index (Phi) is 10.3. The van der Waals surface area contributed by atoms with Crippen molar-refractivity contribution in [2.75, 3.05) is 26.2 Å². The Labute approximate surface area is 247 Å². The van der Waals surface area contributed by atoms with E-state index >= 15 is 0 Å². The molecule has 1 aliphatic rings. The van der Waals surface area contributed by atoms with Crippen LogP contribution in [0.5, 0.6) is 0 Å². The van der Waals surface area contributed by atoms with Gasteiger partial charge in [0.25, 0.3) is 5.96 Å². The summed E-state index contributed by atoms with van der Waals surface area (Å²) in [7, 11) is -4.37. The van der Waals surface area contributed by atoms with Crippen molar-refractivity contribution in [2.24, 2.45) is 16.5 Å². The molecule has 228 valence electrons. The molecule has 0 radical (unpaired) electrons. The standard InChI is InChI=1S/C25H33ClN8O7S/c1-15(2)31(11-9-29-25(28)30-34(38)39)23(36)16(3)32-10-8-21(24(32)37)33(14-22(27)35)42(40,41)20-7-5-17-12-19(26)6-4-18(17)13-20/h4-7,12-13,15-16,21H,8-11,14H2,1-3H3,(H2,27,35)(H3,28,29,30)/t16-,21-/m0/s1. The summed E-state index contributed by atoms with van der Waals surface area (Å²) in [6.45, 7) is 4.36. The molecule has 0 aromatic heterocycles. The summed E-state index contributed by atoms with van der Waals surface area (Å²) in [4.78, 5) is 55.8. The van der Waals surface area contributed by atoms with E-state index in [1.54, 1.807) is 43.5 Å². The predicted octanol–water partition coefficient (Wildman–Crippen LogP) is 0.292. The van der Waals surface area contributed by atoms with Crippen molar-refractivity contribution in [2.45, 2.75) is 50.2 Å². The minimum Gasteiger partial charge on any atom is -0.369 e. The second kappa shape index (κ2) is 13.3. The number of halogens is 1. The number of nitrogens with zero attached hydrogens (tertiary/aromatic N) is 5. The number of carbonyl (C=O) groups excluding carboxylic acids is 3. The second-order valence-corrected chi connectivity index (χ2v) is 12.3. The summed E-state index contributed by atoms with van der Waals surface area (Å²) < 4.78 is 28.3. The molecule has 1 aliphatic heterocycles. The highest BCUT2D eigenvalue weighted by Crippen LogP contribution is 2.29. The van der Waals surface area contributed by atoms with Gasteiger partial charge in [-0.2, -0.15) is 4.31 Å². The molecule has 3 rings (SSSR count). The first-order valence-electron chi connectivity index (χ1n) is 12.9. The molecule has 15 nitrogen and oxygen atoms in total. The van der Waals surface area contributed by atoms with Crippen LogP contribution in [0.2, 0.25) is 5.02 Å². The molecule has 0 unspecified atom stereocenters. The average Bonchev–Trinajstić information content (AvgIpc) is 3.28. The number of hydrogen-bond donors (Lipinski definition) is 3. The number of nitro groups is 1. The number of benzene rings is 2. The van der Waals surface area contributed by atoms with Crippen LogP contribution in [0.15, 0.2) is 46.3 Å². The summed E-state index contributed by atoms with van der Waals surface area (Å²) >= 11 is 6.03. The van der Waals surface area contributed by atoms with Gasteiger partial charge in [0.05, 0.1) is 18.0 Å². The molecule has 1 fully saturated rings. The van der Waals surface area contributed by atoms with Gasteiger partial charge < -0.3 is 21.3 Å². The fourth-order valence-corrected chi connectivity index (χ4v) is 6.54. The zero-order valence-corrected chi connectivity index (χ0v) is 24.8. The maximum Gasteiger partial charge on any atom is 0.251 e. The average molecular weight is 625 g/mol. The molecule has 3 amide bonds. The topological polar surface area (TPSA) is 215 Å². The van der Waals surface area contributed by atoms with Crippen LogP contribution in [0.1, 0.15) is 27.2 Å². The van der Waals surface area contributed by atoms with Gasteiger partial charge in [0.1, 0.15) is 12.1 Å². The number of nitrogens with two attached hydrogens (primary N) is 2. The van der Waals surface area contributed by atoms with E-state index in [2.05, 4.69) is 4.99 Å². The van der Waals surface area contributed by atoms with Crippen molar-refractivity contribution in [3.63, 3.8) is 0 Å². The highest BCUT2D eigenvalue weighted by molar-refractivity contribution is 7.89. The molecule has 1 heterocycles. The second-order valence-electron chi connectivity index (χ2n) is 9.94. The van der Waals surface area contributed by atoms with Crippen LogP contribution < -0.4 is 16.9 Å². The van der Waals surface area contributed by atoms with Gasteiger partial charge in [-0.3, -0.25) is 14.4 Å². The van der Waals surface area contributed by atoms with Gasteiger partial charge in [0, 0.05) is 24.2 Å². The fraction of sp³-hybridized carbons (Fsp3) is 0.440. The third kappa shape index (κ3) is 7.43. The number of rotatable bonds is 12. The molecule has 0 bridgehead atoms. The number of carbonyl (C=O) groups is 3. The lowest BCUT2D eigenvalue weighted by molar-refractivity contribution is -0.525. The highest BCUT2D eigenvalue weighted by atomic mass is 35.5. The molecular formula is C25H33ClN8O7S. The van der Waals surface area contributed by atoms with E-state index in [0.717, 1.165) is 4.31 Å². The van der Waals surface area contributed by atoms with Crippen LogP contribution in [0.3, 0.4) is 0 Å². The zero-order valence-electron chi connectivity index (χ0n) is 23.3. The number of hydrogen-bond acceptors (Lipinski definition) is 8. The maximum atomic E-state index is 13.7. The number of nitrogens with one attached hydrogen (secondary N) is 1. The van der Waals surface area contributed by atoms with E-state index in [0.29, 0.717) is 15.8 Å². The van der Waals surface area contributed by atoms with Gasteiger partial charge in [-0.15, -0.1) is 0 Å². The molecule has 42 heavy (non-hydrogen) atoms. The van der Waals surface area contributed by atoms with Gasteiger partial charge in [-0.05, 0) is 62.2 Å². The molecule has 2 aromatic rings. The van der Waals surface area contributed by atoms with Crippen molar-refractivity contribution in [3.05, 3.63) is 51.5 Å². The minimum atomic E-state index is -4.37. The first kappa shape index (κ1) is 32.5. The van der Waals surface area contributed by atoms with Crippen LogP contribution in [0.25, 0.3) is 10.8 Å². The van der Waals surface area contributed by atoms with Crippen LogP contribution in [0.4, 0.5) is 0 Å². The van der Waals surface area contributed by atoms with Gasteiger partial charge in [0.15, 0.2) is 5.03 Å². The largest absolute Gasteiger partial charge is 0.369 e. The minimum absolute atomic E-state index is 0.0290. The SMILES string of the molecule is CC(C)N(CCN=C(N)N[N+](=O)[O-])C(=O)[C@H](C)N1CC[C@H](N(CC(N)=O)S(=O)(=O)c2ccc3cc(Cl)ccc3c2)C1=O. The summed E-state index contributed by atoms with van der Waals surface area (Å²) in [5, 5.41) is 11.4. The zero-order chi connectivity index (χ0) is 31.4. The summed E-state index contributed by atoms with van der Waals surface area (Å²) in [5.74, 6) is -2.45. The Morgan fingerprint density at radius 1 is 1.19 bits per heavy atom. The third-order valence-electron chi connectivity index (χ3n) is 6.81. The van der Waals surface area contributed by atoms with Gasteiger partial charge in [-0.25, -0.2) is 23.5 Å². The first-order valence-corrected chi connectivity index (χ1v) is 14.8. The molecule has 2 aromatic carbocycles. The lowest BCUT2D eigenvalue weighted by atomic mass is 10.1. The number of primary amides is 1. The van der Waals surface area contributed by atoms with Crippen molar-refractivity contribution in [1.82, 2.24) is 19.5 Å². The predicted molar refractivity (Wildman–Crippen MR) is 155 cm³/mol. The molecule has 2 atom stereocenters. The van der Waals surface area contributed by atoms with E-state index in [4.69, 9.17) is 23.1 Å². The number of amides is 3. The van der Waals surface area contributed by atoms with Gasteiger partial charge in [0.2, 0.25) is 27.7 Å². The fourth-order valence-electron chi connectivity index (χ4n) is 4.75. The normalized spacial score (nSPS) is 16.7. The summed E-state index contributed by atoms with van der Waals surface area (Å²) in [6.07, 6.45) is 0.0290. The van der Waals surface area contributed by atoms with Gasteiger partial charge >= 0.3 is 0 Å². The highest BCUT2D eigenvalue weighted by Gasteiger charge is 2.45. The lowest BCUT2D eigenvalue weighted by Crippen LogP contribution is -2.53. The molecule has 5 N–H and O–H groups in total. The lowest BCUT2D eigenvalue weighted by Gasteiger charge is -2.33. The van der Waals surface area contributed by atoms with Crippen molar-refractivity contribution in [3.8, 4) is 0 Å². The quantitative estimate of drug-likeness (QED) is 0.128. The van der Waals surface area contributed by atoms with Crippen molar-refractivity contribution < 1.29 is 27.8 Å². The maximum absolute atomic E-state index is 13.7. The number of hydrazine groups is 1. The number of sulfonamides is 1. The van der Waals surface area contributed by atoms with E-state index < -0.39 is 57.4 Å². The van der Waals surface area contributed by atoms with Crippen LogP contribution in [-0.2, 0) is 24.4 Å². The number of guanidine groups is 1. The van der Waals surface area contributed by atoms with Crippen LogP contribution in [0, 0.1) is 10.1 Å². The molecule has 0 saturated carbocycles. The van der Waals surface area contributed by atoms with Crippen LogP contribution in [-0.4, -0.2) is 95.5 Å². The van der Waals surface area contributed by atoms with E-state index in [-0.39, 0.29) is 37.0 Å². The molecular weight excluding hydrogens is 592 g/mol. The smallest absolute Gasteiger partial charge is 0.251 e. The molecule has 17 heteroatoms. The van der Waals surface area contributed by atoms with Gasteiger partial charge in [-0.1, -0.05) is 29.2 Å². The number of fused-ring (bicyclic) bond motifs is 1. The molecule has 0 spiro atoms. The Bertz CT molecular complexity index is 1520. The van der Waals surface area contributed by atoms with E-state index in [1.165, 1.54) is 28.9 Å². The summed E-state index contributed by atoms with van der Waals surface area (Å²) in [5.41, 5.74) is 12.5. The van der Waals surface area contributed by atoms with Crippen molar-refractivity contribution >= 4 is 56.1 Å². The Hall–Kier alpha value is -4.02. The number of likely N-dealkylation sites (tertiary alicyclic amines) is 1. The summed E-state index contributed by atoms with van der Waals surface area (Å²) in [6, 6.07) is 6.76. The monoisotopic (exact) mass is 624 g/mol. The van der Waals surface area contributed by atoms with Crippen molar-refractivity contribution in [1.29, 1.82) is 0 Å².